The van der Waals surface area contributed by atoms with Crippen molar-refractivity contribution in [3.05, 3.63) is 35.5 Å². The highest BCUT2D eigenvalue weighted by molar-refractivity contribution is 6.15. The summed E-state index contributed by atoms with van der Waals surface area (Å²) in [7, 11) is 0. The van der Waals surface area contributed by atoms with Gasteiger partial charge in [0.15, 0.2) is 0 Å². The van der Waals surface area contributed by atoms with Crippen molar-refractivity contribution in [2.75, 3.05) is 6.61 Å². The van der Waals surface area contributed by atoms with Crippen molar-refractivity contribution < 1.29 is 9.53 Å². The fourth-order valence-corrected chi connectivity index (χ4v) is 2.90. The van der Waals surface area contributed by atoms with Crippen LogP contribution in [0.1, 0.15) is 38.2 Å². The average molecular weight is 284 g/mol. The molecule has 3 rings (SSSR count). The number of amides is 1. The third-order valence-corrected chi connectivity index (χ3v) is 3.93. The predicted molar refractivity (Wildman–Crippen MR) is 83.1 cm³/mol. The molecule has 110 valence electrons. The maximum absolute atomic E-state index is 12.0. The fourth-order valence-electron chi connectivity index (χ4n) is 2.90. The molecule has 1 aromatic rings. The zero-order valence-corrected chi connectivity index (χ0v) is 12.3. The van der Waals surface area contributed by atoms with E-state index in [1.54, 1.807) is 0 Å². The Labute approximate surface area is 124 Å². The molecule has 1 fully saturated rings. The third-order valence-electron chi connectivity index (χ3n) is 3.93. The van der Waals surface area contributed by atoms with Gasteiger partial charge in [-0.25, -0.2) is 4.99 Å². The molecule has 0 saturated heterocycles. The molecule has 0 unspecified atom stereocenters. The predicted octanol–water partition coefficient (Wildman–Crippen LogP) is 3.14. The summed E-state index contributed by atoms with van der Waals surface area (Å²) in [5.41, 5.74) is 1.42. The highest BCUT2D eigenvalue weighted by Crippen LogP contribution is 2.28. The first-order valence-electron chi connectivity index (χ1n) is 7.61. The first-order valence-corrected chi connectivity index (χ1v) is 7.61. The molecular weight excluding hydrogens is 264 g/mol. The molecule has 2 aliphatic rings. The van der Waals surface area contributed by atoms with Crippen LogP contribution in [0.3, 0.4) is 0 Å². The Balaban J connectivity index is 1.81. The van der Waals surface area contributed by atoms with Crippen molar-refractivity contribution in [1.82, 2.24) is 5.32 Å². The Hall–Kier alpha value is -2.10. The third kappa shape index (κ3) is 3.15. The summed E-state index contributed by atoms with van der Waals surface area (Å²) >= 11 is 0. The second kappa shape index (κ2) is 6.12. The van der Waals surface area contributed by atoms with Crippen LogP contribution in [0, 0.1) is 5.92 Å². The fraction of sp³-hybridized carbons (Fsp3) is 0.412. The topological polar surface area (TPSA) is 50.7 Å². The number of benzene rings is 1. The van der Waals surface area contributed by atoms with Gasteiger partial charge in [0.1, 0.15) is 17.3 Å². The summed E-state index contributed by atoms with van der Waals surface area (Å²) in [5, 5.41) is 2.92. The molecule has 21 heavy (non-hydrogen) atoms. The maximum Gasteiger partial charge on any atom is 0.275 e. The molecule has 0 bridgehead atoms. The van der Waals surface area contributed by atoms with E-state index in [1.165, 1.54) is 12.8 Å². The number of amidine groups is 1. The smallest absolute Gasteiger partial charge is 0.275 e. The van der Waals surface area contributed by atoms with Crippen LogP contribution in [0.2, 0.25) is 0 Å². The highest BCUT2D eigenvalue weighted by atomic mass is 16.5. The minimum absolute atomic E-state index is 0.0984. The number of carbonyl (C=O) groups excluding carboxylic acids is 1. The van der Waals surface area contributed by atoms with E-state index in [2.05, 4.69) is 10.3 Å². The molecule has 1 amide bonds. The van der Waals surface area contributed by atoms with E-state index < -0.39 is 0 Å². The number of rotatable bonds is 4. The molecule has 4 heteroatoms. The molecule has 0 atom stereocenters. The number of aliphatic imine (C=N–C) groups is 1. The Morgan fingerprint density at radius 3 is 2.95 bits per heavy atom. The van der Waals surface area contributed by atoms with Gasteiger partial charge in [0, 0.05) is 5.92 Å². The van der Waals surface area contributed by atoms with Crippen LogP contribution in [0.4, 0.5) is 0 Å². The summed E-state index contributed by atoms with van der Waals surface area (Å²) < 4.78 is 5.47. The maximum atomic E-state index is 12.0. The minimum Gasteiger partial charge on any atom is -0.494 e. The first-order chi connectivity index (χ1) is 10.3. The lowest BCUT2D eigenvalue weighted by molar-refractivity contribution is -0.115. The molecule has 1 aromatic carbocycles. The Bertz CT molecular complexity index is 599. The molecule has 0 spiro atoms. The van der Waals surface area contributed by atoms with Crippen LogP contribution in [0.25, 0.3) is 6.08 Å². The second-order valence-electron chi connectivity index (χ2n) is 5.47. The summed E-state index contributed by atoms with van der Waals surface area (Å²) in [4.78, 5) is 16.5. The van der Waals surface area contributed by atoms with Crippen molar-refractivity contribution in [1.29, 1.82) is 0 Å². The van der Waals surface area contributed by atoms with Gasteiger partial charge in [0.05, 0.1) is 6.61 Å². The van der Waals surface area contributed by atoms with Gasteiger partial charge in [-0.1, -0.05) is 25.0 Å². The second-order valence-corrected chi connectivity index (χ2v) is 5.47. The van der Waals surface area contributed by atoms with Gasteiger partial charge in [-0.3, -0.25) is 4.79 Å². The lowest BCUT2D eigenvalue weighted by Gasteiger charge is -2.06. The van der Waals surface area contributed by atoms with E-state index in [-0.39, 0.29) is 5.91 Å². The average Bonchev–Trinajstić information content (AvgIpc) is 3.10. The number of nitrogens with one attached hydrogen (secondary N) is 1. The SMILES string of the molecule is CCOc1cccc(/C=C2/N=C(C3CCCC3)NC2=O)c1. The van der Waals surface area contributed by atoms with E-state index >= 15 is 0 Å². The molecule has 1 aliphatic heterocycles. The van der Waals surface area contributed by atoms with E-state index in [0.717, 1.165) is 30.0 Å². The Kier molecular flexibility index (Phi) is 4.04. The van der Waals surface area contributed by atoms with Gasteiger partial charge < -0.3 is 10.1 Å². The van der Waals surface area contributed by atoms with Crippen LogP contribution >= 0.6 is 0 Å². The van der Waals surface area contributed by atoms with Crippen molar-refractivity contribution in [3.63, 3.8) is 0 Å². The molecule has 1 N–H and O–H groups in total. The van der Waals surface area contributed by atoms with Crippen LogP contribution in [-0.2, 0) is 4.79 Å². The largest absolute Gasteiger partial charge is 0.494 e. The summed E-state index contributed by atoms with van der Waals surface area (Å²) in [6.45, 7) is 2.58. The molecule has 0 radical (unpaired) electrons. The molecular formula is C17H20N2O2. The van der Waals surface area contributed by atoms with E-state index in [1.807, 2.05) is 37.3 Å². The zero-order chi connectivity index (χ0) is 14.7. The van der Waals surface area contributed by atoms with Crippen LogP contribution in [0.15, 0.2) is 35.0 Å². The summed E-state index contributed by atoms with van der Waals surface area (Å²) in [6.07, 6.45) is 6.54. The summed E-state index contributed by atoms with van der Waals surface area (Å²) in [5.74, 6) is 1.99. The normalized spacial score (nSPS) is 20.7. The lowest BCUT2D eigenvalue weighted by Crippen LogP contribution is -2.29. The quantitative estimate of drug-likeness (QED) is 0.863. The number of hydrogen-bond acceptors (Lipinski definition) is 3. The van der Waals surface area contributed by atoms with Gasteiger partial charge in [0.2, 0.25) is 0 Å². The number of hydrogen-bond donors (Lipinski definition) is 1. The standard InChI is InChI=1S/C17H20N2O2/c1-2-21-14-9-5-6-12(10-14)11-15-17(20)19-16(18-15)13-7-3-4-8-13/h5-6,9-11,13H,2-4,7-8H2,1H3,(H,18,19,20)/b15-11+. The molecule has 4 nitrogen and oxygen atoms in total. The van der Waals surface area contributed by atoms with Crippen molar-refractivity contribution in [2.45, 2.75) is 32.6 Å². The minimum atomic E-state index is -0.0984. The Morgan fingerprint density at radius 1 is 1.38 bits per heavy atom. The van der Waals surface area contributed by atoms with Crippen molar-refractivity contribution >= 4 is 17.8 Å². The molecule has 1 saturated carbocycles. The van der Waals surface area contributed by atoms with Crippen molar-refractivity contribution in [2.24, 2.45) is 10.9 Å². The van der Waals surface area contributed by atoms with Gasteiger partial charge in [0.25, 0.3) is 5.91 Å². The lowest BCUT2D eigenvalue weighted by atomic mass is 10.1. The first kappa shape index (κ1) is 13.9. The molecule has 1 heterocycles. The Morgan fingerprint density at radius 2 is 2.19 bits per heavy atom. The molecule has 0 aromatic heterocycles. The van der Waals surface area contributed by atoms with Crippen LogP contribution in [-0.4, -0.2) is 18.3 Å². The molecule has 1 aliphatic carbocycles. The van der Waals surface area contributed by atoms with E-state index in [9.17, 15) is 4.79 Å². The number of nitrogens with zero attached hydrogens (tertiary/aromatic N) is 1. The van der Waals surface area contributed by atoms with Gasteiger partial charge in [-0.05, 0) is 43.5 Å². The zero-order valence-electron chi connectivity index (χ0n) is 12.3. The van der Waals surface area contributed by atoms with Gasteiger partial charge >= 0.3 is 0 Å². The monoisotopic (exact) mass is 284 g/mol. The van der Waals surface area contributed by atoms with E-state index in [0.29, 0.717) is 18.2 Å². The van der Waals surface area contributed by atoms with Gasteiger partial charge in [-0.2, -0.15) is 0 Å². The van der Waals surface area contributed by atoms with Crippen LogP contribution in [0.5, 0.6) is 5.75 Å². The number of ether oxygens (including phenoxy) is 1. The van der Waals surface area contributed by atoms with Crippen molar-refractivity contribution in [3.8, 4) is 5.75 Å². The highest BCUT2D eigenvalue weighted by Gasteiger charge is 2.28. The van der Waals surface area contributed by atoms with E-state index in [4.69, 9.17) is 4.74 Å². The summed E-state index contributed by atoms with van der Waals surface area (Å²) in [6, 6.07) is 7.71. The van der Waals surface area contributed by atoms with Crippen LogP contribution < -0.4 is 10.1 Å². The van der Waals surface area contributed by atoms with Gasteiger partial charge in [-0.15, -0.1) is 0 Å². The number of carbonyl (C=O) groups is 1.